The van der Waals surface area contributed by atoms with Crippen LogP contribution < -0.4 is 15.0 Å². The molecule has 1 aromatic rings. The molecule has 3 nitrogen and oxygen atoms in total. The maximum Gasteiger partial charge on any atom is 0.573 e. The van der Waals surface area contributed by atoms with Crippen molar-refractivity contribution in [1.82, 2.24) is 5.32 Å². The molecule has 0 amide bonds. The van der Waals surface area contributed by atoms with Gasteiger partial charge in [-0.1, -0.05) is 32.4 Å². The molecular weight excluding hydrogens is 281 g/mol. The average Bonchev–Trinajstić information content (AvgIpc) is 2.45. The van der Waals surface area contributed by atoms with Crippen molar-refractivity contribution in [2.45, 2.75) is 32.7 Å². The molecule has 1 N–H and O–H groups in total. The summed E-state index contributed by atoms with van der Waals surface area (Å²) in [7, 11) is 0. The number of rotatable bonds is 4. The topological polar surface area (TPSA) is 24.5 Å². The second kappa shape index (κ2) is 6.56. The van der Waals surface area contributed by atoms with Gasteiger partial charge >= 0.3 is 6.36 Å². The summed E-state index contributed by atoms with van der Waals surface area (Å²) in [6, 6.07) is 6.61. The first-order valence-electron chi connectivity index (χ1n) is 7.24. The smallest absolute Gasteiger partial charge is 0.404 e. The SMILES string of the molecule is CCC(C)C1CN(c2ccccc2OC(F)(F)F)CCN1. The Kier molecular flexibility index (Phi) is 4.98. The summed E-state index contributed by atoms with van der Waals surface area (Å²) in [5.74, 6) is 0.346. The Morgan fingerprint density at radius 2 is 2.10 bits per heavy atom. The lowest BCUT2D eigenvalue weighted by Crippen LogP contribution is -2.53. The molecule has 0 spiro atoms. The van der Waals surface area contributed by atoms with Crippen LogP contribution >= 0.6 is 0 Å². The highest BCUT2D eigenvalue weighted by atomic mass is 19.4. The molecule has 0 aliphatic carbocycles. The van der Waals surface area contributed by atoms with Gasteiger partial charge in [-0.3, -0.25) is 0 Å². The molecular formula is C15H21F3N2O. The molecule has 2 rings (SSSR count). The van der Waals surface area contributed by atoms with E-state index in [-0.39, 0.29) is 11.8 Å². The predicted molar refractivity (Wildman–Crippen MR) is 76.6 cm³/mol. The molecule has 6 heteroatoms. The lowest BCUT2D eigenvalue weighted by molar-refractivity contribution is -0.274. The van der Waals surface area contributed by atoms with Crippen molar-refractivity contribution in [3.8, 4) is 5.75 Å². The summed E-state index contributed by atoms with van der Waals surface area (Å²) in [5.41, 5.74) is 0.504. The molecule has 21 heavy (non-hydrogen) atoms. The lowest BCUT2D eigenvalue weighted by Gasteiger charge is -2.38. The van der Waals surface area contributed by atoms with E-state index in [0.29, 0.717) is 24.7 Å². The van der Waals surface area contributed by atoms with Gasteiger partial charge in [-0.15, -0.1) is 13.2 Å². The normalized spacial score (nSPS) is 21.2. The predicted octanol–water partition coefficient (Wildman–Crippen LogP) is 3.41. The number of halogens is 3. The molecule has 1 aromatic carbocycles. The molecule has 0 radical (unpaired) electrons. The third kappa shape index (κ3) is 4.27. The molecule has 1 fully saturated rings. The molecule has 0 bridgehead atoms. The number of nitrogens with one attached hydrogen (secondary N) is 1. The molecule has 118 valence electrons. The van der Waals surface area contributed by atoms with Gasteiger partial charge in [-0.05, 0) is 18.1 Å². The Labute approximate surface area is 123 Å². The van der Waals surface area contributed by atoms with Crippen molar-refractivity contribution in [1.29, 1.82) is 0 Å². The first kappa shape index (κ1) is 15.9. The highest BCUT2D eigenvalue weighted by Crippen LogP contribution is 2.33. The van der Waals surface area contributed by atoms with Gasteiger partial charge in [0.2, 0.25) is 0 Å². The van der Waals surface area contributed by atoms with Crippen LogP contribution in [0.5, 0.6) is 5.75 Å². The van der Waals surface area contributed by atoms with Gasteiger partial charge in [-0.25, -0.2) is 0 Å². The minimum atomic E-state index is -4.67. The van der Waals surface area contributed by atoms with Gasteiger partial charge in [0.1, 0.15) is 0 Å². The van der Waals surface area contributed by atoms with E-state index >= 15 is 0 Å². The number of hydrogen-bond donors (Lipinski definition) is 1. The van der Waals surface area contributed by atoms with Gasteiger partial charge in [0.25, 0.3) is 0 Å². The zero-order valence-corrected chi connectivity index (χ0v) is 12.3. The number of piperazine rings is 1. The van der Waals surface area contributed by atoms with Crippen LogP contribution in [0.3, 0.4) is 0 Å². The van der Waals surface area contributed by atoms with E-state index in [4.69, 9.17) is 0 Å². The Balaban J connectivity index is 2.17. The molecule has 2 atom stereocenters. The number of hydrogen-bond acceptors (Lipinski definition) is 3. The highest BCUT2D eigenvalue weighted by molar-refractivity contribution is 5.59. The average molecular weight is 302 g/mol. The molecule has 1 heterocycles. The number of anilines is 1. The van der Waals surface area contributed by atoms with E-state index in [9.17, 15) is 13.2 Å². The molecule has 1 aliphatic rings. The largest absolute Gasteiger partial charge is 0.573 e. The summed E-state index contributed by atoms with van der Waals surface area (Å²) in [4.78, 5) is 1.97. The van der Waals surface area contributed by atoms with Crippen molar-refractivity contribution in [2.75, 3.05) is 24.5 Å². The molecule has 1 saturated heterocycles. The van der Waals surface area contributed by atoms with Crippen LogP contribution in [0, 0.1) is 5.92 Å². The summed E-state index contributed by atoms with van der Waals surface area (Å²) >= 11 is 0. The van der Waals surface area contributed by atoms with Gasteiger partial charge in [0.05, 0.1) is 5.69 Å². The second-order valence-electron chi connectivity index (χ2n) is 5.41. The number of para-hydroxylation sites is 2. The van der Waals surface area contributed by atoms with Crippen LogP contribution in [0.1, 0.15) is 20.3 Å². The Hall–Kier alpha value is -1.43. The standard InChI is InChI=1S/C15H21F3N2O/c1-3-11(2)12-10-20(9-8-19-12)13-6-4-5-7-14(13)21-15(16,17)18/h4-7,11-12,19H,3,8-10H2,1-2H3. The van der Waals surface area contributed by atoms with Crippen molar-refractivity contribution >= 4 is 5.69 Å². The quantitative estimate of drug-likeness (QED) is 0.922. The maximum atomic E-state index is 12.5. The third-order valence-electron chi connectivity index (χ3n) is 3.97. The molecule has 1 aliphatic heterocycles. The van der Waals surface area contributed by atoms with Gasteiger partial charge in [0.15, 0.2) is 5.75 Å². The fraction of sp³-hybridized carbons (Fsp3) is 0.600. The van der Waals surface area contributed by atoms with Gasteiger partial charge in [-0.2, -0.15) is 0 Å². The minimum Gasteiger partial charge on any atom is -0.404 e. The van der Waals surface area contributed by atoms with Gasteiger partial charge in [0, 0.05) is 25.7 Å². The van der Waals surface area contributed by atoms with E-state index in [1.807, 2.05) is 4.90 Å². The summed E-state index contributed by atoms with van der Waals surface area (Å²) in [5, 5.41) is 3.43. The number of benzene rings is 1. The van der Waals surface area contributed by atoms with Crippen molar-refractivity contribution < 1.29 is 17.9 Å². The minimum absolute atomic E-state index is 0.130. The second-order valence-corrected chi connectivity index (χ2v) is 5.41. The maximum absolute atomic E-state index is 12.5. The lowest BCUT2D eigenvalue weighted by atomic mass is 9.97. The summed E-state index contributed by atoms with van der Waals surface area (Å²) in [6.45, 7) is 6.39. The zero-order valence-electron chi connectivity index (χ0n) is 12.3. The van der Waals surface area contributed by atoms with E-state index in [1.165, 1.54) is 6.07 Å². The van der Waals surface area contributed by atoms with Crippen LogP contribution in [0.2, 0.25) is 0 Å². The number of nitrogens with zero attached hydrogens (tertiary/aromatic N) is 1. The Morgan fingerprint density at radius 1 is 1.38 bits per heavy atom. The molecule has 0 saturated carbocycles. The van der Waals surface area contributed by atoms with E-state index in [1.54, 1.807) is 18.2 Å². The van der Waals surface area contributed by atoms with Crippen LogP contribution in [-0.4, -0.2) is 32.0 Å². The summed E-state index contributed by atoms with van der Waals surface area (Å²) in [6.07, 6.45) is -3.63. The van der Waals surface area contributed by atoms with E-state index in [2.05, 4.69) is 23.9 Å². The number of ether oxygens (including phenoxy) is 1. The zero-order chi connectivity index (χ0) is 15.5. The first-order chi connectivity index (χ1) is 9.90. The summed E-state index contributed by atoms with van der Waals surface area (Å²) < 4.78 is 41.6. The monoisotopic (exact) mass is 302 g/mol. The number of alkyl halides is 3. The van der Waals surface area contributed by atoms with Crippen LogP contribution in [0.25, 0.3) is 0 Å². The van der Waals surface area contributed by atoms with E-state index in [0.717, 1.165) is 13.0 Å². The van der Waals surface area contributed by atoms with Gasteiger partial charge < -0.3 is 15.0 Å². The van der Waals surface area contributed by atoms with Crippen molar-refractivity contribution in [2.24, 2.45) is 5.92 Å². The first-order valence-corrected chi connectivity index (χ1v) is 7.24. The van der Waals surface area contributed by atoms with E-state index < -0.39 is 6.36 Å². The highest BCUT2D eigenvalue weighted by Gasteiger charge is 2.33. The Bertz CT molecular complexity index is 464. The fourth-order valence-corrected chi connectivity index (χ4v) is 2.59. The Morgan fingerprint density at radius 3 is 2.76 bits per heavy atom. The van der Waals surface area contributed by atoms with Crippen molar-refractivity contribution in [3.05, 3.63) is 24.3 Å². The molecule has 2 unspecified atom stereocenters. The molecule has 0 aromatic heterocycles. The van der Waals surface area contributed by atoms with Crippen LogP contribution in [-0.2, 0) is 0 Å². The van der Waals surface area contributed by atoms with Crippen molar-refractivity contribution in [3.63, 3.8) is 0 Å². The fourth-order valence-electron chi connectivity index (χ4n) is 2.59. The van der Waals surface area contributed by atoms with Crippen LogP contribution in [0.4, 0.5) is 18.9 Å². The van der Waals surface area contributed by atoms with Crippen LogP contribution in [0.15, 0.2) is 24.3 Å². The third-order valence-corrected chi connectivity index (χ3v) is 3.97.